The second-order valence-electron chi connectivity index (χ2n) is 4.85. The largest absolute Gasteiger partial charge is 0.481 e. The molecule has 0 atom stereocenters. The zero-order valence-corrected chi connectivity index (χ0v) is 13.3. The third-order valence-electron chi connectivity index (χ3n) is 2.97. The summed E-state index contributed by atoms with van der Waals surface area (Å²) in [5.74, 6) is -3.78. The average molecular weight is 359 g/mol. The number of carbonyl (C=O) groups excluding carboxylic acids is 2. The number of amides is 2. The van der Waals surface area contributed by atoms with Crippen LogP contribution in [0, 0.1) is 5.82 Å². The van der Waals surface area contributed by atoms with Crippen molar-refractivity contribution in [3.63, 3.8) is 0 Å². The molecule has 2 aromatic carbocycles. The molecule has 0 aliphatic rings. The van der Waals surface area contributed by atoms with E-state index in [0.717, 1.165) is 6.07 Å². The molecular formula is C17H14FN3O5. The van der Waals surface area contributed by atoms with Crippen molar-refractivity contribution in [3.8, 4) is 5.75 Å². The van der Waals surface area contributed by atoms with Crippen LogP contribution >= 0.6 is 0 Å². The van der Waals surface area contributed by atoms with Crippen LogP contribution in [-0.2, 0) is 14.4 Å². The molecule has 0 radical (unpaired) electrons. The number of carboxylic acid groups (broad SMARTS) is 1. The summed E-state index contributed by atoms with van der Waals surface area (Å²) >= 11 is 0. The lowest BCUT2D eigenvalue weighted by molar-refractivity contribution is -0.139. The Morgan fingerprint density at radius 2 is 1.77 bits per heavy atom. The van der Waals surface area contributed by atoms with Crippen molar-refractivity contribution in [3.05, 3.63) is 59.9 Å². The molecule has 26 heavy (non-hydrogen) atoms. The number of nitrogens with zero attached hydrogens (tertiary/aromatic N) is 1. The van der Waals surface area contributed by atoms with Crippen LogP contribution in [0.25, 0.3) is 0 Å². The highest BCUT2D eigenvalue weighted by atomic mass is 19.1. The van der Waals surface area contributed by atoms with Crippen LogP contribution < -0.4 is 15.5 Å². The smallest absolute Gasteiger partial charge is 0.341 e. The first-order valence-corrected chi connectivity index (χ1v) is 7.30. The van der Waals surface area contributed by atoms with Gasteiger partial charge in [-0.05, 0) is 24.3 Å². The number of nitrogens with one attached hydrogen (secondary N) is 2. The molecule has 0 saturated carbocycles. The van der Waals surface area contributed by atoms with Crippen LogP contribution in [0.15, 0.2) is 53.6 Å². The topological polar surface area (TPSA) is 117 Å². The first kappa shape index (κ1) is 18.6. The van der Waals surface area contributed by atoms with Gasteiger partial charge >= 0.3 is 17.8 Å². The molecule has 0 fully saturated rings. The molecule has 2 amide bonds. The fourth-order valence-corrected chi connectivity index (χ4v) is 1.81. The number of para-hydroxylation sites is 2. The minimum Gasteiger partial charge on any atom is -0.481 e. The van der Waals surface area contributed by atoms with Gasteiger partial charge < -0.3 is 15.2 Å². The van der Waals surface area contributed by atoms with Crippen LogP contribution in [0.1, 0.15) is 5.56 Å². The molecule has 8 nitrogen and oxygen atoms in total. The molecule has 2 aromatic rings. The van der Waals surface area contributed by atoms with Gasteiger partial charge in [-0.3, -0.25) is 9.59 Å². The number of carbonyl (C=O) groups is 3. The van der Waals surface area contributed by atoms with Crippen LogP contribution in [0.3, 0.4) is 0 Å². The van der Waals surface area contributed by atoms with Crippen LogP contribution in [0.5, 0.6) is 5.75 Å². The summed E-state index contributed by atoms with van der Waals surface area (Å²) in [4.78, 5) is 33.9. The van der Waals surface area contributed by atoms with E-state index in [0.29, 0.717) is 5.56 Å². The molecule has 0 aliphatic heterocycles. The van der Waals surface area contributed by atoms with E-state index in [-0.39, 0.29) is 11.4 Å². The number of hydrogen-bond acceptors (Lipinski definition) is 5. The van der Waals surface area contributed by atoms with E-state index in [1.54, 1.807) is 18.2 Å². The van der Waals surface area contributed by atoms with E-state index >= 15 is 0 Å². The highest BCUT2D eigenvalue weighted by Gasteiger charge is 2.14. The van der Waals surface area contributed by atoms with E-state index in [1.165, 1.54) is 30.5 Å². The third kappa shape index (κ3) is 5.41. The summed E-state index contributed by atoms with van der Waals surface area (Å²) in [5.41, 5.74) is 2.24. The van der Waals surface area contributed by atoms with Gasteiger partial charge in [0.25, 0.3) is 0 Å². The Balaban J connectivity index is 1.95. The molecule has 134 valence electrons. The molecule has 2 rings (SSSR count). The van der Waals surface area contributed by atoms with Gasteiger partial charge in [0, 0.05) is 5.56 Å². The fourth-order valence-electron chi connectivity index (χ4n) is 1.81. The number of carboxylic acids is 1. The zero-order valence-electron chi connectivity index (χ0n) is 13.3. The lowest BCUT2D eigenvalue weighted by atomic mass is 10.2. The number of rotatable bonds is 6. The van der Waals surface area contributed by atoms with Gasteiger partial charge in [0.1, 0.15) is 11.6 Å². The lowest BCUT2D eigenvalue weighted by Gasteiger charge is -2.06. The van der Waals surface area contributed by atoms with E-state index in [2.05, 4.69) is 10.4 Å². The van der Waals surface area contributed by atoms with Crippen molar-refractivity contribution in [2.45, 2.75) is 0 Å². The highest BCUT2D eigenvalue weighted by Crippen LogP contribution is 2.15. The van der Waals surface area contributed by atoms with Crippen molar-refractivity contribution in [2.24, 2.45) is 5.10 Å². The molecule has 0 unspecified atom stereocenters. The van der Waals surface area contributed by atoms with Gasteiger partial charge in [-0.2, -0.15) is 5.10 Å². The number of hydrogen-bond donors (Lipinski definition) is 3. The van der Waals surface area contributed by atoms with Gasteiger partial charge in [0.05, 0.1) is 11.9 Å². The summed E-state index contributed by atoms with van der Waals surface area (Å²) in [6.07, 6.45) is 1.19. The molecule has 3 N–H and O–H groups in total. The van der Waals surface area contributed by atoms with Gasteiger partial charge in [-0.25, -0.2) is 14.6 Å². The van der Waals surface area contributed by atoms with Crippen LogP contribution in [0.2, 0.25) is 0 Å². The molecule has 0 bridgehead atoms. The Bertz CT molecular complexity index is 854. The Kier molecular flexibility index (Phi) is 6.38. The van der Waals surface area contributed by atoms with Crippen LogP contribution in [0.4, 0.5) is 10.1 Å². The summed E-state index contributed by atoms with van der Waals surface area (Å²) in [6.45, 7) is -0.539. The van der Waals surface area contributed by atoms with E-state index in [9.17, 15) is 18.8 Å². The number of ether oxygens (including phenoxy) is 1. The summed E-state index contributed by atoms with van der Waals surface area (Å²) < 4.78 is 18.5. The quantitative estimate of drug-likeness (QED) is 0.409. The monoisotopic (exact) mass is 359 g/mol. The third-order valence-corrected chi connectivity index (χ3v) is 2.97. The summed E-state index contributed by atoms with van der Waals surface area (Å²) in [7, 11) is 0. The average Bonchev–Trinajstić information content (AvgIpc) is 2.62. The van der Waals surface area contributed by atoms with Crippen molar-refractivity contribution in [2.75, 3.05) is 11.9 Å². The second-order valence-corrected chi connectivity index (χ2v) is 4.85. The predicted octanol–water partition coefficient (Wildman–Crippen LogP) is 1.38. The molecule has 0 spiro atoms. The maximum Gasteiger partial charge on any atom is 0.341 e. The van der Waals surface area contributed by atoms with Gasteiger partial charge in [0.2, 0.25) is 0 Å². The highest BCUT2D eigenvalue weighted by molar-refractivity contribution is 6.39. The lowest BCUT2D eigenvalue weighted by Crippen LogP contribution is -2.32. The molecule has 9 heteroatoms. The Morgan fingerprint density at radius 1 is 1.08 bits per heavy atom. The molecule has 0 heterocycles. The zero-order chi connectivity index (χ0) is 18.9. The predicted molar refractivity (Wildman–Crippen MR) is 90.3 cm³/mol. The van der Waals surface area contributed by atoms with Gasteiger partial charge in [0.15, 0.2) is 6.61 Å². The first-order valence-electron chi connectivity index (χ1n) is 7.30. The van der Waals surface area contributed by atoms with E-state index in [1.807, 2.05) is 5.43 Å². The summed E-state index contributed by atoms with van der Waals surface area (Å²) in [6, 6.07) is 11.8. The second kappa shape index (κ2) is 8.92. The molecule has 0 aromatic heterocycles. The fraction of sp³-hybridized carbons (Fsp3) is 0.0588. The molecule has 0 saturated heterocycles. The standard InChI is InChI=1S/C17H14FN3O5/c18-12-6-2-3-7-13(12)20-16(24)17(25)21-19-9-11-5-1-4-8-14(11)26-10-15(22)23/h1-9H,10H2,(H,20,24)(H,21,25)(H,22,23)/b19-9-. The Labute approximate surface area is 147 Å². The van der Waals surface area contributed by atoms with Crippen LogP contribution in [-0.4, -0.2) is 35.7 Å². The van der Waals surface area contributed by atoms with Crippen molar-refractivity contribution >= 4 is 29.7 Å². The first-order chi connectivity index (χ1) is 12.5. The Hall–Kier alpha value is -3.75. The maximum atomic E-state index is 13.4. The maximum absolute atomic E-state index is 13.4. The number of anilines is 1. The SMILES string of the molecule is O=C(O)COc1ccccc1/C=N\NC(=O)C(=O)Nc1ccccc1F. The van der Waals surface area contributed by atoms with Gasteiger partial charge in [-0.1, -0.05) is 24.3 Å². The minimum absolute atomic E-state index is 0.135. The normalized spacial score (nSPS) is 10.3. The number of hydrazone groups is 1. The number of aliphatic carboxylic acids is 1. The molecule has 0 aliphatic carbocycles. The number of halogens is 1. The van der Waals surface area contributed by atoms with E-state index < -0.39 is 30.2 Å². The van der Waals surface area contributed by atoms with Crippen molar-refractivity contribution in [1.29, 1.82) is 0 Å². The Morgan fingerprint density at radius 3 is 2.50 bits per heavy atom. The molecular weight excluding hydrogens is 345 g/mol. The van der Waals surface area contributed by atoms with Crippen molar-refractivity contribution in [1.82, 2.24) is 5.43 Å². The van der Waals surface area contributed by atoms with Crippen molar-refractivity contribution < 1.29 is 28.6 Å². The van der Waals surface area contributed by atoms with Gasteiger partial charge in [-0.15, -0.1) is 0 Å². The van der Waals surface area contributed by atoms with E-state index in [4.69, 9.17) is 9.84 Å². The summed E-state index contributed by atoms with van der Waals surface area (Å²) in [5, 5.41) is 14.4. The number of benzene rings is 2. The minimum atomic E-state index is -1.14.